The van der Waals surface area contributed by atoms with Crippen LogP contribution in [0.15, 0.2) is 46.0 Å². The first-order valence-electron chi connectivity index (χ1n) is 9.38. The van der Waals surface area contributed by atoms with Crippen LogP contribution in [0, 0.1) is 0 Å². The van der Waals surface area contributed by atoms with Gasteiger partial charge in [0.15, 0.2) is 23.0 Å². The molecule has 1 aliphatic heterocycles. The molecule has 30 heavy (non-hydrogen) atoms. The minimum absolute atomic E-state index is 0.238. The zero-order valence-corrected chi connectivity index (χ0v) is 17.5. The molecule has 7 nitrogen and oxygen atoms in total. The van der Waals surface area contributed by atoms with E-state index in [1.165, 1.54) is 0 Å². The molecule has 0 radical (unpaired) electrons. The summed E-state index contributed by atoms with van der Waals surface area (Å²) < 4.78 is 28.3. The fraction of sp³-hybridized carbons (Fsp3) is 0.261. The van der Waals surface area contributed by atoms with Crippen molar-refractivity contribution in [3.8, 4) is 23.0 Å². The van der Waals surface area contributed by atoms with Gasteiger partial charge < -0.3 is 28.6 Å². The summed E-state index contributed by atoms with van der Waals surface area (Å²) >= 11 is 0. The smallest absolute Gasteiger partial charge is 0.164 e. The molecule has 0 atom stereocenters. The van der Waals surface area contributed by atoms with Gasteiger partial charge in [-0.2, -0.15) is 0 Å². The lowest BCUT2D eigenvalue weighted by molar-refractivity contribution is 0.158. The number of hydrogen-bond donors (Lipinski definition) is 1. The van der Waals surface area contributed by atoms with Gasteiger partial charge in [-0.1, -0.05) is 5.16 Å². The highest BCUT2D eigenvalue weighted by Gasteiger charge is 2.27. The molecule has 0 aliphatic carbocycles. The van der Waals surface area contributed by atoms with Crippen molar-refractivity contribution >= 4 is 22.8 Å². The lowest BCUT2D eigenvalue weighted by Gasteiger charge is -2.29. The van der Waals surface area contributed by atoms with Crippen molar-refractivity contribution in [3.05, 3.63) is 53.3 Å². The molecule has 0 unspecified atom stereocenters. The Hall–Kier alpha value is -3.61. The molecule has 7 heteroatoms. The van der Waals surface area contributed by atoms with Crippen molar-refractivity contribution in [1.82, 2.24) is 0 Å². The van der Waals surface area contributed by atoms with Crippen LogP contribution < -0.4 is 18.9 Å². The van der Waals surface area contributed by atoms with E-state index in [0.717, 1.165) is 10.9 Å². The van der Waals surface area contributed by atoms with Crippen molar-refractivity contribution in [3.63, 3.8) is 0 Å². The molecule has 156 valence electrons. The number of benzene rings is 2. The van der Waals surface area contributed by atoms with Crippen molar-refractivity contribution in [2.75, 3.05) is 21.3 Å². The van der Waals surface area contributed by atoms with E-state index in [0.29, 0.717) is 39.9 Å². The van der Waals surface area contributed by atoms with Gasteiger partial charge in [-0.15, -0.1) is 0 Å². The fourth-order valence-electron chi connectivity index (χ4n) is 3.56. The Labute approximate surface area is 174 Å². The van der Waals surface area contributed by atoms with Crippen molar-refractivity contribution in [2.24, 2.45) is 5.16 Å². The maximum atomic E-state index is 9.84. The Morgan fingerprint density at radius 1 is 1.00 bits per heavy atom. The number of oxime groups is 1. The summed E-state index contributed by atoms with van der Waals surface area (Å²) in [6.45, 7) is 3.95. The quantitative estimate of drug-likeness (QED) is 0.368. The molecule has 0 fully saturated rings. The third kappa shape index (κ3) is 3.22. The fourth-order valence-corrected chi connectivity index (χ4v) is 3.56. The molecule has 4 rings (SSSR count). The van der Waals surface area contributed by atoms with Crippen LogP contribution in [0.25, 0.3) is 17.0 Å². The van der Waals surface area contributed by atoms with Gasteiger partial charge in [-0.3, -0.25) is 0 Å². The zero-order chi connectivity index (χ0) is 21.5. The molecule has 2 heterocycles. The first-order valence-corrected chi connectivity index (χ1v) is 9.38. The minimum atomic E-state index is -0.412. The second-order valence-electron chi connectivity index (χ2n) is 7.40. The summed E-state index contributed by atoms with van der Waals surface area (Å²) in [7, 11) is 4.69. The maximum Gasteiger partial charge on any atom is 0.164 e. The van der Waals surface area contributed by atoms with Gasteiger partial charge in [0, 0.05) is 11.5 Å². The SMILES string of the molecule is COc1cc2cc(/C(=N/O)c3ccc4c(c3OC)C=CC(C)(C)O4)oc2cc1OC. The maximum absolute atomic E-state index is 9.84. The van der Waals surface area contributed by atoms with Gasteiger partial charge in [0.2, 0.25) is 0 Å². The number of furan rings is 1. The van der Waals surface area contributed by atoms with Crippen LogP contribution in [0.4, 0.5) is 0 Å². The largest absolute Gasteiger partial charge is 0.495 e. The van der Waals surface area contributed by atoms with Crippen molar-refractivity contribution in [1.29, 1.82) is 0 Å². The number of fused-ring (bicyclic) bond motifs is 2. The monoisotopic (exact) mass is 409 g/mol. The van der Waals surface area contributed by atoms with Crippen LogP contribution in [0.1, 0.15) is 30.7 Å². The van der Waals surface area contributed by atoms with E-state index in [9.17, 15) is 5.21 Å². The Morgan fingerprint density at radius 2 is 1.73 bits per heavy atom. The Kier molecular flexibility index (Phi) is 4.81. The molecule has 0 amide bonds. The summed E-state index contributed by atoms with van der Waals surface area (Å²) in [6, 6.07) is 8.93. The van der Waals surface area contributed by atoms with Gasteiger partial charge in [-0.05, 0) is 50.3 Å². The van der Waals surface area contributed by atoms with Crippen LogP contribution in [-0.2, 0) is 0 Å². The van der Waals surface area contributed by atoms with E-state index in [2.05, 4.69) is 5.16 Å². The van der Waals surface area contributed by atoms with Crippen LogP contribution in [-0.4, -0.2) is 37.8 Å². The second kappa shape index (κ2) is 7.33. The van der Waals surface area contributed by atoms with Crippen LogP contribution in [0.3, 0.4) is 0 Å². The predicted molar refractivity (Wildman–Crippen MR) is 113 cm³/mol. The minimum Gasteiger partial charge on any atom is -0.495 e. The van der Waals surface area contributed by atoms with E-state index in [1.54, 1.807) is 45.6 Å². The van der Waals surface area contributed by atoms with E-state index < -0.39 is 5.60 Å². The summed E-state index contributed by atoms with van der Waals surface area (Å²) in [5.74, 6) is 2.73. The average molecular weight is 409 g/mol. The van der Waals surface area contributed by atoms with E-state index in [-0.39, 0.29) is 5.71 Å². The molecule has 3 aromatic rings. The normalized spacial score (nSPS) is 14.9. The summed E-state index contributed by atoms with van der Waals surface area (Å²) in [6.07, 6.45) is 3.90. The highest BCUT2D eigenvalue weighted by atomic mass is 16.5. The molecular formula is C23H23NO6. The predicted octanol–water partition coefficient (Wildman–Crippen LogP) is 4.87. The van der Waals surface area contributed by atoms with Crippen LogP contribution >= 0.6 is 0 Å². The molecule has 1 N–H and O–H groups in total. The van der Waals surface area contributed by atoms with Crippen LogP contribution in [0.5, 0.6) is 23.0 Å². The third-order valence-electron chi connectivity index (χ3n) is 5.00. The van der Waals surface area contributed by atoms with E-state index in [4.69, 9.17) is 23.4 Å². The Balaban J connectivity index is 1.84. The van der Waals surface area contributed by atoms with Crippen molar-refractivity contribution < 1.29 is 28.6 Å². The van der Waals surface area contributed by atoms with E-state index in [1.807, 2.05) is 32.1 Å². The molecule has 0 saturated carbocycles. The summed E-state index contributed by atoms with van der Waals surface area (Å²) in [5.41, 5.74) is 1.75. The average Bonchev–Trinajstić information content (AvgIpc) is 3.14. The molecule has 2 aromatic carbocycles. The molecule has 0 spiro atoms. The first-order chi connectivity index (χ1) is 14.4. The van der Waals surface area contributed by atoms with Gasteiger partial charge >= 0.3 is 0 Å². The third-order valence-corrected chi connectivity index (χ3v) is 5.00. The zero-order valence-electron chi connectivity index (χ0n) is 17.5. The van der Waals surface area contributed by atoms with Gasteiger partial charge in [0.1, 0.15) is 22.7 Å². The number of methoxy groups -OCH3 is 3. The first kappa shape index (κ1) is 19.7. The number of rotatable bonds is 5. The second-order valence-corrected chi connectivity index (χ2v) is 7.40. The molecular weight excluding hydrogens is 386 g/mol. The van der Waals surface area contributed by atoms with Crippen molar-refractivity contribution in [2.45, 2.75) is 19.4 Å². The Morgan fingerprint density at radius 3 is 2.40 bits per heavy atom. The lowest BCUT2D eigenvalue weighted by atomic mass is 9.97. The summed E-state index contributed by atoms with van der Waals surface area (Å²) in [5, 5.41) is 14.1. The number of hydrogen-bond acceptors (Lipinski definition) is 7. The highest BCUT2D eigenvalue weighted by molar-refractivity contribution is 6.14. The van der Waals surface area contributed by atoms with Crippen LogP contribution in [0.2, 0.25) is 0 Å². The number of ether oxygens (including phenoxy) is 4. The summed E-state index contributed by atoms with van der Waals surface area (Å²) in [4.78, 5) is 0. The van der Waals surface area contributed by atoms with E-state index >= 15 is 0 Å². The topological polar surface area (TPSA) is 82.7 Å². The van der Waals surface area contributed by atoms with Gasteiger partial charge in [0.05, 0.1) is 32.5 Å². The standard InChI is InChI=1S/C23H23NO6/c1-23(2)9-8-14-16(30-23)7-6-15(22(14)28-5)21(24-25)20-11-13-10-18(26-3)19(27-4)12-17(13)29-20/h6-12,25H,1-5H3/b24-21+. The highest BCUT2D eigenvalue weighted by Crippen LogP contribution is 2.40. The lowest BCUT2D eigenvalue weighted by Crippen LogP contribution is -2.27. The number of nitrogens with zero attached hydrogens (tertiary/aromatic N) is 1. The Bertz CT molecular complexity index is 1130. The molecule has 1 aromatic heterocycles. The molecule has 1 aliphatic rings. The molecule has 0 saturated heterocycles. The molecule has 0 bridgehead atoms. The van der Waals surface area contributed by atoms with Gasteiger partial charge in [-0.25, -0.2) is 0 Å². The van der Waals surface area contributed by atoms with Gasteiger partial charge in [0.25, 0.3) is 0 Å².